The Morgan fingerprint density at radius 1 is 1.14 bits per heavy atom. The largest absolute Gasteiger partial charge is 0.271 e. The van der Waals surface area contributed by atoms with Gasteiger partial charge in [0.05, 0.1) is 5.52 Å². The Morgan fingerprint density at radius 2 is 1.90 bits per heavy atom. The molecule has 0 bridgehead atoms. The third kappa shape index (κ3) is 3.09. The second kappa shape index (κ2) is 6.12. The van der Waals surface area contributed by atoms with Crippen molar-refractivity contribution in [2.75, 3.05) is 0 Å². The maximum atomic E-state index is 5.87. The van der Waals surface area contributed by atoms with Crippen molar-refractivity contribution < 1.29 is 0 Å². The second-order valence-corrected chi connectivity index (χ2v) is 6.57. The van der Waals surface area contributed by atoms with Gasteiger partial charge in [0.2, 0.25) is 0 Å². The van der Waals surface area contributed by atoms with E-state index in [1.54, 1.807) is 0 Å². The zero-order valence-corrected chi connectivity index (χ0v) is 13.0. The number of nitrogens with zero attached hydrogens (tertiary/aromatic N) is 1. The van der Waals surface area contributed by atoms with Crippen LogP contribution in [0.5, 0.6) is 0 Å². The van der Waals surface area contributed by atoms with Crippen molar-refractivity contribution in [3.05, 3.63) is 41.6 Å². The van der Waals surface area contributed by atoms with E-state index >= 15 is 0 Å². The summed E-state index contributed by atoms with van der Waals surface area (Å²) in [5, 5.41) is 1.20. The van der Waals surface area contributed by atoms with Gasteiger partial charge in [0.25, 0.3) is 0 Å². The van der Waals surface area contributed by atoms with E-state index in [2.05, 4.69) is 47.7 Å². The summed E-state index contributed by atoms with van der Waals surface area (Å²) in [4.78, 5) is 4.57. The zero-order valence-electron chi connectivity index (χ0n) is 13.0. The number of pyridine rings is 1. The fourth-order valence-corrected chi connectivity index (χ4v) is 3.56. The summed E-state index contributed by atoms with van der Waals surface area (Å²) in [6.07, 6.45) is 5.16. The Hall–Kier alpha value is -1.45. The van der Waals surface area contributed by atoms with Crippen molar-refractivity contribution in [1.82, 2.24) is 10.4 Å². The molecule has 1 heterocycles. The molecule has 0 saturated heterocycles. The van der Waals surface area contributed by atoms with Gasteiger partial charge in [-0.1, -0.05) is 31.9 Å². The molecule has 1 aromatic carbocycles. The molecule has 0 amide bonds. The molecular formula is C18H25N3. The highest BCUT2D eigenvalue weighted by Crippen LogP contribution is 2.36. The van der Waals surface area contributed by atoms with Crippen LogP contribution < -0.4 is 11.3 Å². The third-order valence-electron chi connectivity index (χ3n) is 4.92. The van der Waals surface area contributed by atoms with Crippen molar-refractivity contribution in [3.8, 4) is 0 Å². The van der Waals surface area contributed by atoms with Gasteiger partial charge < -0.3 is 0 Å². The standard InChI is InChI=1S/C18H25N3/c1-12-3-6-14(7-4-12)18(21-19)16-9-10-17-15(11-16)8-5-13(2)20-17/h5,8-12,14,18,21H,3-4,6-7,19H2,1-2H3. The fraction of sp³-hybridized carbons (Fsp3) is 0.500. The minimum atomic E-state index is 0.253. The number of nitrogens with two attached hydrogens (primary N) is 1. The Labute approximate surface area is 126 Å². The van der Waals surface area contributed by atoms with Gasteiger partial charge in [0, 0.05) is 17.1 Å². The van der Waals surface area contributed by atoms with E-state index in [0.29, 0.717) is 5.92 Å². The predicted octanol–water partition coefficient (Wildman–Crippen LogP) is 3.87. The lowest BCUT2D eigenvalue weighted by atomic mass is 9.77. The first-order valence-electron chi connectivity index (χ1n) is 8.01. The summed E-state index contributed by atoms with van der Waals surface area (Å²) in [7, 11) is 0. The molecule has 3 N–H and O–H groups in total. The van der Waals surface area contributed by atoms with Crippen LogP contribution in [0.15, 0.2) is 30.3 Å². The molecule has 3 heteroatoms. The van der Waals surface area contributed by atoms with Crippen molar-refractivity contribution in [3.63, 3.8) is 0 Å². The van der Waals surface area contributed by atoms with Gasteiger partial charge in [-0.05, 0) is 55.4 Å². The zero-order chi connectivity index (χ0) is 14.8. The minimum Gasteiger partial charge on any atom is -0.271 e. The first-order chi connectivity index (χ1) is 10.2. The summed E-state index contributed by atoms with van der Waals surface area (Å²) in [6, 6.07) is 11.0. The van der Waals surface area contributed by atoms with E-state index in [4.69, 9.17) is 5.84 Å². The Bertz CT molecular complexity index is 615. The average Bonchev–Trinajstić information content (AvgIpc) is 2.50. The molecule has 3 rings (SSSR count). The van der Waals surface area contributed by atoms with Crippen LogP contribution in [0.3, 0.4) is 0 Å². The molecule has 0 spiro atoms. The van der Waals surface area contributed by atoms with Gasteiger partial charge >= 0.3 is 0 Å². The molecule has 1 fully saturated rings. The molecule has 21 heavy (non-hydrogen) atoms. The first kappa shape index (κ1) is 14.5. The molecule has 1 atom stereocenters. The molecule has 1 unspecified atom stereocenters. The molecule has 2 aromatic rings. The summed E-state index contributed by atoms with van der Waals surface area (Å²) in [6.45, 7) is 4.38. The molecular weight excluding hydrogens is 258 g/mol. The lowest BCUT2D eigenvalue weighted by Crippen LogP contribution is -2.35. The SMILES string of the molecule is Cc1ccc2cc(C(NN)C3CCC(C)CC3)ccc2n1. The maximum Gasteiger partial charge on any atom is 0.0705 e. The lowest BCUT2D eigenvalue weighted by Gasteiger charge is -2.32. The van der Waals surface area contributed by atoms with Gasteiger partial charge in [-0.3, -0.25) is 16.3 Å². The molecule has 0 radical (unpaired) electrons. The Balaban J connectivity index is 1.88. The van der Waals surface area contributed by atoms with Gasteiger partial charge in [-0.2, -0.15) is 0 Å². The maximum absolute atomic E-state index is 5.87. The average molecular weight is 283 g/mol. The molecule has 1 saturated carbocycles. The molecule has 3 nitrogen and oxygen atoms in total. The number of rotatable bonds is 3. The molecule has 1 aliphatic carbocycles. The van der Waals surface area contributed by atoms with E-state index < -0.39 is 0 Å². The predicted molar refractivity (Wildman–Crippen MR) is 87.7 cm³/mol. The van der Waals surface area contributed by atoms with Crippen LogP contribution >= 0.6 is 0 Å². The van der Waals surface area contributed by atoms with Crippen LogP contribution in [0.2, 0.25) is 0 Å². The smallest absolute Gasteiger partial charge is 0.0705 e. The van der Waals surface area contributed by atoms with E-state index in [1.165, 1.54) is 36.6 Å². The van der Waals surface area contributed by atoms with E-state index in [-0.39, 0.29) is 6.04 Å². The van der Waals surface area contributed by atoms with Crippen LogP contribution in [0.4, 0.5) is 0 Å². The monoisotopic (exact) mass is 283 g/mol. The summed E-state index contributed by atoms with van der Waals surface area (Å²) < 4.78 is 0. The van der Waals surface area contributed by atoms with Crippen LogP contribution in [0, 0.1) is 18.8 Å². The number of fused-ring (bicyclic) bond motifs is 1. The number of aromatic nitrogens is 1. The highest BCUT2D eigenvalue weighted by atomic mass is 15.2. The normalized spacial score (nSPS) is 24.1. The quantitative estimate of drug-likeness (QED) is 0.664. The van der Waals surface area contributed by atoms with Crippen LogP contribution in [-0.2, 0) is 0 Å². The topological polar surface area (TPSA) is 50.9 Å². The summed E-state index contributed by atoms with van der Waals surface area (Å²) >= 11 is 0. The van der Waals surface area contributed by atoms with Crippen LogP contribution in [-0.4, -0.2) is 4.98 Å². The van der Waals surface area contributed by atoms with Gasteiger partial charge in [-0.25, -0.2) is 0 Å². The van der Waals surface area contributed by atoms with Crippen molar-refractivity contribution in [1.29, 1.82) is 0 Å². The Kier molecular flexibility index (Phi) is 4.22. The van der Waals surface area contributed by atoms with E-state index in [1.807, 2.05) is 6.92 Å². The molecule has 112 valence electrons. The number of hydrazine groups is 1. The highest BCUT2D eigenvalue weighted by molar-refractivity contribution is 5.79. The number of benzene rings is 1. The van der Waals surface area contributed by atoms with Gasteiger partial charge in [0.1, 0.15) is 0 Å². The highest BCUT2D eigenvalue weighted by Gasteiger charge is 2.26. The van der Waals surface area contributed by atoms with Crippen LogP contribution in [0.25, 0.3) is 10.9 Å². The Morgan fingerprint density at radius 3 is 2.62 bits per heavy atom. The molecule has 0 aliphatic heterocycles. The third-order valence-corrected chi connectivity index (χ3v) is 4.92. The number of hydrogen-bond donors (Lipinski definition) is 2. The van der Waals surface area contributed by atoms with Crippen molar-refractivity contribution in [2.24, 2.45) is 17.7 Å². The van der Waals surface area contributed by atoms with Crippen molar-refractivity contribution >= 4 is 10.9 Å². The minimum absolute atomic E-state index is 0.253. The number of aryl methyl sites for hydroxylation is 1. The van der Waals surface area contributed by atoms with Crippen molar-refractivity contribution in [2.45, 2.75) is 45.6 Å². The summed E-state index contributed by atoms with van der Waals surface area (Å²) in [5.41, 5.74) is 6.47. The van der Waals surface area contributed by atoms with E-state index in [0.717, 1.165) is 17.1 Å². The fourth-order valence-electron chi connectivity index (χ4n) is 3.56. The van der Waals surface area contributed by atoms with E-state index in [9.17, 15) is 0 Å². The van der Waals surface area contributed by atoms with Gasteiger partial charge in [-0.15, -0.1) is 0 Å². The second-order valence-electron chi connectivity index (χ2n) is 6.57. The number of nitrogens with one attached hydrogen (secondary N) is 1. The number of hydrogen-bond acceptors (Lipinski definition) is 3. The summed E-state index contributed by atoms with van der Waals surface area (Å²) in [5.74, 6) is 7.38. The molecule has 1 aliphatic rings. The van der Waals surface area contributed by atoms with Crippen LogP contribution in [0.1, 0.15) is 49.9 Å². The van der Waals surface area contributed by atoms with Gasteiger partial charge in [0.15, 0.2) is 0 Å². The first-order valence-corrected chi connectivity index (χ1v) is 8.01. The molecule has 1 aromatic heterocycles. The lowest BCUT2D eigenvalue weighted by molar-refractivity contribution is 0.232.